The smallest absolute Gasteiger partial charge is 0.105 e. The Hall–Kier alpha value is 0.0249. The Bertz CT molecular complexity index is 147. The van der Waals surface area contributed by atoms with Gasteiger partial charge >= 0.3 is 0 Å². The molecule has 70 valence electrons. The second-order valence-corrected chi connectivity index (χ2v) is 4.90. The van der Waals surface area contributed by atoms with Crippen molar-refractivity contribution in [2.24, 2.45) is 5.92 Å². The van der Waals surface area contributed by atoms with Gasteiger partial charge in [0, 0.05) is 12.1 Å². The summed E-state index contributed by atoms with van der Waals surface area (Å²) in [5, 5.41) is 0. The molecule has 1 aliphatic heterocycles. The fourth-order valence-electron chi connectivity index (χ4n) is 2.49. The van der Waals surface area contributed by atoms with Gasteiger partial charge in [-0.2, -0.15) is 0 Å². The number of hydrogen-bond acceptors (Lipinski definition) is 1. The molecule has 3 atom stereocenters. The van der Waals surface area contributed by atoms with Crippen LogP contribution in [0.5, 0.6) is 0 Å². The van der Waals surface area contributed by atoms with E-state index in [1.54, 1.807) is 0 Å². The van der Waals surface area contributed by atoms with Gasteiger partial charge in [-0.3, -0.25) is 0 Å². The maximum atomic E-state index is 2.56. The van der Waals surface area contributed by atoms with Crippen LogP contribution in [0.3, 0.4) is 0 Å². The largest absolute Gasteiger partial charge is 0.301 e. The van der Waals surface area contributed by atoms with Crippen LogP contribution in [0.2, 0.25) is 5.82 Å². The molecule has 1 saturated heterocycles. The third-order valence-electron chi connectivity index (χ3n) is 3.38. The van der Waals surface area contributed by atoms with E-state index in [4.69, 9.17) is 0 Å². The van der Waals surface area contributed by atoms with Crippen molar-refractivity contribution in [3.8, 4) is 0 Å². The van der Waals surface area contributed by atoms with Crippen LogP contribution in [0.25, 0.3) is 0 Å². The van der Waals surface area contributed by atoms with E-state index in [-0.39, 0.29) is 0 Å². The molecule has 0 bridgehead atoms. The molecule has 0 spiro atoms. The molecular weight excluding hydrogens is 145 g/mol. The summed E-state index contributed by atoms with van der Waals surface area (Å²) in [6.07, 6.45) is 2.76. The standard InChI is InChI=1S/C10H22BN/c1-7(2)10-6-9(11)5-8(3)12(10)4/h7-10H,5-6,11H2,1-4H3/t8?,9-,10?/m1/s1. The summed E-state index contributed by atoms with van der Waals surface area (Å²) < 4.78 is 0. The minimum atomic E-state index is 0.779. The van der Waals surface area contributed by atoms with Crippen LogP contribution in [0.1, 0.15) is 33.6 Å². The lowest BCUT2D eigenvalue weighted by molar-refractivity contribution is 0.0941. The maximum absolute atomic E-state index is 2.56. The van der Waals surface area contributed by atoms with E-state index < -0.39 is 0 Å². The van der Waals surface area contributed by atoms with Crippen LogP contribution < -0.4 is 0 Å². The highest BCUT2D eigenvalue weighted by atomic mass is 15.2. The fraction of sp³-hybridized carbons (Fsp3) is 1.00. The molecule has 1 aliphatic rings. The van der Waals surface area contributed by atoms with Gasteiger partial charge in [0.1, 0.15) is 7.85 Å². The van der Waals surface area contributed by atoms with Crippen LogP contribution in [0.4, 0.5) is 0 Å². The van der Waals surface area contributed by atoms with E-state index in [0.29, 0.717) is 0 Å². The molecule has 0 aromatic carbocycles. The zero-order chi connectivity index (χ0) is 9.30. The molecule has 12 heavy (non-hydrogen) atoms. The Morgan fingerprint density at radius 1 is 1.33 bits per heavy atom. The van der Waals surface area contributed by atoms with Gasteiger partial charge in [-0.05, 0) is 32.7 Å². The highest BCUT2D eigenvalue weighted by Gasteiger charge is 2.30. The van der Waals surface area contributed by atoms with E-state index in [2.05, 4.69) is 40.6 Å². The van der Waals surface area contributed by atoms with Gasteiger partial charge in [0.2, 0.25) is 0 Å². The molecule has 0 aromatic rings. The Labute approximate surface area is 77.9 Å². The highest BCUT2D eigenvalue weighted by Crippen LogP contribution is 2.31. The molecule has 0 aromatic heterocycles. The van der Waals surface area contributed by atoms with Crippen LogP contribution in [-0.2, 0) is 0 Å². The van der Waals surface area contributed by atoms with Crippen molar-refractivity contribution in [1.82, 2.24) is 4.90 Å². The van der Waals surface area contributed by atoms with Crippen LogP contribution >= 0.6 is 0 Å². The zero-order valence-electron chi connectivity index (χ0n) is 9.17. The summed E-state index contributed by atoms with van der Waals surface area (Å²) >= 11 is 0. The molecule has 1 fully saturated rings. The average molecular weight is 167 g/mol. The SMILES string of the molecule is B[C@@H]1CC(C)N(C)C(C(C)C)C1. The van der Waals surface area contributed by atoms with Crippen molar-refractivity contribution in [2.45, 2.75) is 51.5 Å². The number of rotatable bonds is 1. The van der Waals surface area contributed by atoms with Gasteiger partial charge in [0.05, 0.1) is 0 Å². The zero-order valence-corrected chi connectivity index (χ0v) is 9.17. The average Bonchev–Trinajstić information content (AvgIpc) is 1.96. The first-order valence-corrected chi connectivity index (χ1v) is 5.24. The van der Waals surface area contributed by atoms with Gasteiger partial charge in [-0.15, -0.1) is 0 Å². The number of piperidine rings is 1. The lowest BCUT2D eigenvalue weighted by Gasteiger charge is -2.43. The summed E-state index contributed by atoms with van der Waals surface area (Å²) in [5.74, 6) is 1.73. The second-order valence-electron chi connectivity index (χ2n) is 4.90. The van der Waals surface area contributed by atoms with Gasteiger partial charge in [0.15, 0.2) is 0 Å². The van der Waals surface area contributed by atoms with E-state index in [0.717, 1.165) is 23.8 Å². The van der Waals surface area contributed by atoms with Crippen molar-refractivity contribution < 1.29 is 0 Å². The molecule has 1 rings (SSSR count). The van der Waals surface area contributed by atoms with E-state index in [1.165, 1.54) is 12.8 Å². The third-order valence-corrected chi connectivity index (χ3v) is 3.38. The first kappa shape index (κ1) is 10.1. The normalized spacial score (nSPS) is 38.9. The maximum Gasteiger partial charge on any atom is 0.105 e. The highest BCUT2D eigenvalue weighted by molar-refractivity contribution is 6.11. The molecule has 0 saturated carbocycles. The van der Waals surface area contributed by atoms with Crippen molar-refractivity contribution in [3.05, 3.63) is 0 Å². The topological polar surface area (TPSA) is 3.24 Å². The lowest BCUT2D eigenvalue weighted by atomic mass is 9.72. The van der Waals surface area contributed by atoms with E-state index in [9.17, 15) is 0 Å². The van der Waals surface area contributed by atoms with Gasteiger partial charge in [-0.1, -0.05) is 19.7 Å². The summed E-state index contributed by atoms with van der Waals surface area (Å²) in [6, 6.07) is 1.59. The minimum Gasteiger partial charge on any atom is -0.301 e. The fourth-order valence-corrected chi connectivity index (χ4v) is 2.49. The Morgan fingerprint density at radius 3 is 2.42 bits per heavy atom. The summed E-state index contributed by atoms with van der Waals surface area (Å²) in [7, 11) is 4.67. The Morgan fingerprint density at radius 2 is 1.92 bits per heavy atom. The molecule has 0 amide bonds. The van der Waals surface area contributed by atoms with Gasteiger partial charge in [-0.25, -0.2) is 0 Å². The van der Waals surface area contributed by atoms with Crippen LogP contribution in [0, 0.1) is 5.92 Å². The lowest BCUT2D eigenvalue weighted by Crippen LogP contribution is -2.46. The molecule has 1 heterocycles. The van der Waals surface area contributed by atoms with Crippen LogP contribution in [0.15, 0.2) is 0 Å². The molecular formula is C10H22BN. The predicted octanol–water partition coefficient (Wildman–Crippen LogP) is 1.55. The molecule has 1 nitrogen and oxygen atoms in total. The Balaban J connectivity index is 2.60. The summed E-state index contributed by atoms with van der Waals surface area (Å²) in [6.45, 7) is 7.03. The molecule has 2 heteroatoms. The molecule has 2 unspecified atom stereocenters. The van der Waals surface area contributed by atoms with E-state index >= 15 is 0 Å². The van der Waals surface area contributed by atoms with Crippen molar-refractivity contribution in [2.75, 3.05) is 7.05 Å². The van der Waals surface area contributed by atoms with E-state index in [1.807, 2.05) is 0 Å². The molecule has 0 N–H and O–H groups in total. The van der Waals surface area contributed by atoms with Crippen molar-refractivity contribution in [1.29, 1.82) is 0 Å². The summed E-state index contributed by atoms with van der Waals surface area (Å²) in [4.78, 5) is 2.56. The van der Waals surface area contributed by atoms with Crippen LogP contribution in [-0.4, -0.2) is 31.9 Å². The Kier molecular flexibility index (Phi) is 3.22. The number of likely N-dealkylation sites (tertiary alicyclic amines) is 1. The monoisotopic (exact) mass is 167 g/mol. The predicted molar refractivity (Wildman–Crippen MR) is 57.4 cm³/mol. The molecule has 0 aliphatic carbocycles. The van der Waals surface area contributed by atoms with Crippen molar-refractivity contribution >= 4 is 7.85 Å². The van der Waals surface area contributed by atoms with Gasteiger partial charge in [0.25, 0.3) is 0 Å². The third kappa shape index (κ3) is 2.04. The second kappa shape index (κ2) is 3.82. The quantitative estimate of drug-likeness (QED) is 0.535. The summed E-state index contributed by atoms with van der Waals surface area (Å²) in [5.41, 5.74) is 0. The molecule has 0 radical (unpaired) electrons. The first-order valence-electron chi connectivity index (χ1n) is 5.24. The first-order chi connectivity index (χ1) is 5.52. The van der Waals surface area contributed by atoms with Gasteiger partial charge < -0.3 is 4.90 Å². The number of nitrogens with zero attached hydrogens (tertiary/aromatic N) is 1. The minimum absolute atomic E-state index is 0.779. The number of hydrogen-bond donors (Lipinski definition) is 0. The van der Waals surface area contributed by atoms with Crippen molar-refractivity contribution in [3.63, 3.8) is 0 Å².